The second kappa shape index (κ2) is 7.60. The lowest BCUT2D eigenvalue weighted by molar-refractivity contribution is 0.315. The summed E-state index contributed by atoms with van der Waals surface area (Å²) in [7, 11) is 0. The van der Waals surface area contributed by atoms with E-state index >= 15 is 0 Å². The zero-order chi connectivity index (χ0) is 12.1. The molecular formula is C12H22IN5. The Morgan fingerprint density at radius 2 is 2.39 bits per heavy atom. The summed E-state index contributed by atoms with van der Waals surface area (Å²) in [5.74, 6) is 1.34. The van der Waals surface area contributed by atoms with Crippen molar-refractivity contribution in [2.45, 2.75) is 39.3 Å². The van der Waals surface area contributed by atoms with Gasteiger partial charge >= 0.3 is 0 Å². The van der Waals surface area contributed by atoms with Crippen LogP contribution in [0.15, 0.2) is 17.4 Å². The van der Waals surface area contributed by atoms with E-state index in [0.29, 0.717) is 12.5 Å². The highest BCUT2D eigenvalue weighted by atomic mass is 127. The summed E-state index contributed by atoms with van der Waals surface area (Å²) in [4.78, 5) is 4.30. The molecule has 1 aliphatic rings. The molecule has 1 fully saturated rings. The maximum Gasteiger partial charge on any atom is 0.188 e. The molecule has 0 unspecified atom stereocenters. The normalized spacial score (nSPS) is 15.9. The van der Waals surface area contributed by atoms with Gasteiger partial charge in [0.1, 0.15) is 0 Å². The van der Waals surface area contributed by atoms with Crippen LogP contribution in [0.3, 0.4) is 0 Å². The van der Waals surface area contributed by atoms with Crippen LogP contribution in [-0.4, -0.2) is 22.3 Å². The van der Waals surface area contributed by atoms with Crippen molar-refractivity contribution in [3.05, 3.63) is 18.0 Å². The van der Waals surface area contributed by atoms with E-state index in [1.165, 1.54) is 19.3 Å². The van der Waals surface area contributed by atoms with Crippen molar-refractivity contribution < 1.29 is 0 Å². The zero-order valence-electron chi connectivity index (χ0n) is 10.8. The average Bonchev–Trinajstić information content (AvgIpc) is 2.72. The lowest BCUT2D eigenvalue weighted by Gasteiger charge is -2.25. The minimum absolute atomic E-state index is 0. The van der Waals surface area contributed by atoms with Gasteiger partial charge in [0.25, 0.3) is 0 Å². The van der Waals surface area contributed by atoms with Crippen molar-refractivity contribution in [2.24, 2.45) is 16.6 Å². The van der Waals surface area contributed by atoms with Crippen molar-refractivity contribution in [3.8, 4) is 0 Å². The minimum Gasteiger partial charge on any atom is -0.370 e. The molecule has 0 aliphatic heterocycles. The lowest BCUT2D eigenvalue weighted by atomic mass is 9.85. The highest BCUT2D eigenvalue weighted by Gasteiger charge is 2.16. The largest absolute Gasteiger partial charge is 0.370 e. The van der Waals surface area contributed by atoms with Crippen LogP contribution in [0, 0.1) is 5.92 Å². The van der Waals surface area contributed by atoms with Gasteiger partial charge in [0.15, 0.2) is 5.96 Å². The molecule has 0 atom stereocenters. The van der Waals surface area contributed by atoms with Gasteiger partial charge in [0.05, 0.1) is 12.7 Å². The molecule has 0 spiro atoms. The second-order valence-corrected chi connectivity index (χ2v) is 4.58. The van der Waals surface area contributed by atoms with Crippen molar-refractivity contribution in [2.75, 3.05) is 6.54 Å². The first kappa shape index (κ1) is 15.3. The fraction of sp³-hybridized carbons (Fsp3) is 0.667. The van der Waals surface area contributed by atoms with Gasteiger partial charge in [-0.05, 0) is 25.7 Å². The first-order valence-corrected chi connectivity index (χ1v) is 6.33. The lowest BCUT2D eigenvalue weighted by Crippen LogP contribution is -2.37. The SMILES string of the molecule is CCn1cc(CN=C(N)NCC2CCC2)cn1.I. The van der Waals surface area contributed by atoms with Gasteiger partial charge < -0.3 is 11.1 Å². The summed E-state index contributed by atoms with van der Waals surface area (Å²) in [6.07, 6.45) is 7.85. The van der Waals surface area contributed by atoms with E-state index in [9.17, 15) is 0 Å². The second-order valence-electron chi connectivity index (χ2n) is 4.58. The van der Waals surface area contributed by atoms with E-state index in [1.54, 1.807) is 0 Å². The third-order valence-electron chi connectivity index (χ3n) is 3.24. The third-order valence-corrected chi connectivity index (χ3v) is 3.24. The molecule has 0 saturated heterocycles. The molecule has 5 nitrogen and oxygen atoms in total. The topological polar surface area (TPSA) is 68.2 Å². The number of nitrogens with one attached hydrogen (secondary N) is 1. The quantitative estimate of drug-likeness (QED) is 0.476. The number of aryl methyl sites for hydroxylation is 1. The molecule has 0 aromatic carbocycles. The minimum atomic E-state index is 0. The Kier molecular flexibility index (Phi) is 6.45. The van der Waals surface area contributed by atoms with E-state index in [1.807, 2.05) is 17.1 Å². The van der Waals surface area contributed by atoms with Crippen LogP contribution in [0.25, 0.3) is 0 Å². The molecule has 18 heavy (non-hydrogen) atoms. The molecular weight excluding hydrogens is 341 g/mol. The Morgan fingerprint density at radius 1 is 1.61 bits per heavy atom. The molecule has 1 aliphatic carbocycles. The molecule has 102 valence electrons. The van der Waals surface area contributed by atoms with Gasteiger partial charge in [0.2, 0.25) is 0 Å². The summed E-state index contributed by atoms with van der Waals surface area (Å²) in [6.45, 7) is 4.51. The molecule has 3 N–H and O–H groups in total. The molecule has 1 aromatic rings. The number of hydrogen-bond donors (Lipinski definition) is 2. The summed E-state index contributed by atoms with van der Waals surface area (Å²) in [5, 5.41) is 7.37. The van der Waals surface area contributed by atoms with Crippen molar-refractivity contribution in [3.63, 3.8) is 0 Å². The third kappa shape index (κ3) is 4.47. The Hall–Kier alpha value is -0.790. The van der Waals surface area contributed by atoms with Gasteiger partial charge in [-0.25, -0.2) is 4.99 Å². The average molecular weight is 363 g/mol. The highest BCUT2D eigenvalue weighted by Crippen LogP contribution is 2.24. The summed E-state index contributed by atoms with van der Waals surface area (Å²) in [6, 6.07) is 0. The first-order chi connectivity index (χ1) is 8.28. The van der Waals surface area contributed by atoms with Crippen molar-refractivity contribution >= 4 is 29.9 Å². The molecule has 6 heteroatoms. The maximum atomic E-state index is 5.80. The number of aromatic nitrogens is 2. The van der Waals surface area contributed by atoms with E-state index in [4.69, 9.17) is 5.73 Å². The number of nitrogens with two attached hydrogens (primary N) is 1. The first-order valence-electron chi connectivity index (χ1n) is 6.33. The molecule has 1 saturated carbocycles. The predicted octanol–water partition coefficient (Wildman–Crippen LogP) is 1.73. The smallest absolute Gasteiger partial charge is 0.188 e. The van der Waals surface area contributed by atoms with Crippen LogP contribution in [0.4, 0.5) is 0 Å². The summed E-state index contributed by atoms with van der Waals surface area (Å²) < 4.78 is 1.89. The van der Waals surface area contributed by atoms with E-state index in [2.05, 4.69) is 22.3 Å². The maximum absolute atomic E-state index is 5.80. The predicted molar refractivity (Wildman–Crippen MR) is 84.0 cm³/mol. The van der Waals surface area contributed by atoms with Gasteiger partial charge in [-0.2, -0.15) is 5.10 Å². The van der Waals surface area contributed by atoms with Crippen LogP contribution in [0.2, 0.25) is 0 Å². The molecule has 0 bridgehead atoms. The Labute approximate surface area is 125 Å². The van der Waals surface area contributed by atoms with Crippen LogP contribution < -0.4 is 11.1 Å². The zero-order valence-corrected chi connectivity index (χ0v) is 13.1. The molecule has 0 amide bonds. The Bertz CT molecular complexity index is 384. The number of aliphatic imine (C=N–C) groups is 1. The number of guanidine groups is 1. The van der Waals surface area contributed by atoms with Crippen LogP contribution in [0.1, 0.15) is 31.7 Å². The molecule has 1 aromatic heterocycles. The molecule has 2 rings (SSSR count). The van der Waals surface area contributed by atoms with Gasteiger partial charge in [0, 0.05) is 24.8 Å². The van der Waals surface area contributed by atoms with Crippen LogP contribution >= 0.6 is 24.0 Å². The number of halogens is 1. The standard InChI is InChI=1S/C12H21N5.HI/c1-2-17-9-11(8-16-17)7-15-12(13)14-6-10-4-3-5-10;/h8-10H,2-7H2,1H3,(H3,13,14,15);1H. The fourth-order valence-corrected chi connectivity index (χ4v) is 1.84. The number of nitrogens with zero attached hydrogens (tertiary/aromatic N) is 3. The summed E-state index contributed by atoms with van der Waals surface area (Å²) in [5.41, 5.74) is 6.90. The Morgan fingerprint density at radius 3 is 2.94 bits per heavy atom. The molecule has 1 heterocycles. The van der Waals surface area contributed by atoms with E-state index in [-0.39, 0.29) is 24.0 Å². The monoisotopic (exact) mass is 363 g/mol. The van der Waals surface area contributed by atoms with Crippen molar-refractivity contribution in [1.82, 2.24) is 15.1 Å². The molecule has 0 radical (unpaired) electrons. The van der Waals surface area contributed by atoms with Crippen molar-refractivity contribution in [1.29, 1.82) is 0 Å². The van der Waals surface area contributed by atoms with E-state index < -0.39 is 0 Å². The van der Waals surface area contributed by atoms with Crippen LogP contribution in [0.5, 0.6) is 0 Å². The van der Waals surface area contributed by atoms with Gasteiger partial charge in [-0.1, -0.05) is 6.42 Å². The van der Waals surface area contributed by atoms with Gasteiger partial charge in [-0.3, -0.25) is 4.68 Å². The van der Waals surface area contributed by atoms with Crippen LogP contribution in [-0.2, 0) is 13.1 Å². The highest BCUT2D eigenvalue weighted by molar-refractivity contribution is 14.0. The van der Waals surface area contributed by atoms with E-state index in [0.717, 1.165) is 24.6 Å². The Balaban J connectivity index is 0.00000162. The number of rotatable bonds is 5. The number of hydrogen-bond acceptors (Lipinski definition) is 2. The van der Waals surface area contributed by atoms with Gasteiger partial charge in [-0.15, -0.1) is 24.0 Å². The fourth-order valence-electron chi connectivity index (χ4n) is 1.84. The summed E-state index contributed by atoms with van der Waals surface area (Å²) >= 11 is 0.